The Labute approximate surface area is 194 Å². The van der Waals surface area contributed by atoms with Gasteiger partial charge in [0, 0.05) is 34.2 Å². The first kappa shape index (κ1) is 21.9. The number of anilines is 1. The van der Waals surface area contributed by atoms with Crippen LogP contribution in [0.3, 0.4) is 0 Å². The molecule has 0 bridgehead atoms. The van der Waals surface area contributed by atoms with Gasteiger partial charge in [-0.1, -0.05) is 42.1 Å². The third-order valence-corrected chi connectivity index (χ3v) is 6.59. The van der Waals surface area contributed by atoms with Crippen molar-refractivity contribution in [1.82, 2.24) is 14.9 Å². The van der Waals surface area contributed by atoms with Gasteiger partial charge in [0.1, 0.15) is 0 Å². The van der Waals surface area contributed by atoms with Gasteiger partial charge in [-0.25, -0.2) is 4.98 Å². The highest BCUT2D eigenvalue weighted by atomic mass is 32.2. The van der Waals surface area contributed by atoms with Crippen LogP contribution in [-0.4, -0.2) is 27.1 Å². The molecule has 0 aliphatic heterocycles. The smallest absolute Gasteiger partial charge is 0.251 e. The number of nitrogens with zero attached hydrogens (tertiary/aromatic N) is 2. The van der Waals surface area contributed by atoms with Gasteiger partial charge >= 0.3 is 0 Å². The molecule has 2 aromatic carbocycles. The number of benzene rings is 2. The fraction of sp³-hybridized carbons (Fsp3) is 0.125. The number of para-hydroxylation sites is 1. The van der Waals surface area contributed by atoms with Crippen molar-refractivity contribution in [2.75, 3.05) is 11.1 Å². The number of carbonyl (C=O) groups excluding carboxylic acids is 2. The number of carbonyl (C=O) groups is 2. The number of thiophene rings is 1. The van der Waals surface area contributed by atoms with Crippen molar-refractivity contribution < 1.29 is 9.59 Å². The Balaban J connectivity index is 1.40. The van der Waals surface area contributed by atoms with Gasteiger partial charge in [0.25, 0.3) is 5.91 Å². The maximum Gasteiger partial charge on any atom is 0.251 e. The summed E-state index contributed by atoms with van der Waals surface area (Å²) in [6.45, 7) is 2.46. The van der Waals surface area contributed by atoms with Gasteiger partial charge < -0.3 is 10.6 Å². The van der Waals surface area contributed by atoms with E-state index in [0.717, 1.165) is 21.8 Å². The topological polar surface area (TPSA) is 76.0 Å². The van der Waals surface area contributed by atoms with E-state index in [1.807, 2.05) is 77.7 Å². The quantitative estimate of drug-likeness (QED) is 0.365. The third kappa shape index (κ3) is 5.46. The van der Waals surface area contributed by atoms with Crippen LogP contribution in [0.25, 0.3) is 5.69 Å². The normalized spacial score (nSPS) is 10.7. The molecule has 0 saturated carbocycles. The summed E-state index contributed by atoms with van der Waals surface area (Å²) in [5.41, 5.74) is 3.21. The fourth-order valence-corrected chi connectivity index (χ4v) is 4.52. The number of hydrogen-bond acceptors (Lipinski definition) is 5. The molecule has 6 nitrogen and oxygen atoms in total. The molecule has 2 heterocycles. The van der Waals surface area contributed by atoms with Crippen molar-refractivity contribution in [3.8, 4) is 5.69 Å². The first-order valence-corrected chi connectivity index (χ1v) is 11.9. The van der Waals surface area contributed by atoms with Gasteiger partial charge in [0.15, 0.2) is 5.16 Å². The second-order valence-corrected chi connectivity index (χ2v) is 9.02. The molecule has 0 unspecified atom stereocenters. The molecule has 2 aromatic heterocycles. The number of hydrogen-bond donors (Lipinski definition) is 2. The van der Waals surface area contributed by atoms with Gasteiger partial charge in [-0.15, -0.1) is 11.3 Å². The Morgan fingerprint density at radius 3 is 2.78 bits per heavy atom. The van der Waals surface area contributed by atoms with E-state index in [2.05, 4.69) is 15.6 Å². The predicted octanol–water partition coefficient (Wildman–Crippen LogP) is 4.90. The summed E-state index contributed by atoms with van der Waals surface area (Å²) in [5.74, 6) is -0.000441. The van der Waals surface area contributed by atoms with Crippen LogP contribution in [0.5, 0.6) is 0 Å². The van der Waals surface area contributed by atoms with E-state index in [4.69, 9.17) is 0 Å². The highest BCUT2D eigenvalue weighted by Gasteiger charge is 2.12. The van der Waals surface area contributed by atoms with Crippen molar-refractivity contribution in [2.24, 2.45) is 0 Å². The van der Waals surface area contributed by atoms with Gasteiger partial charge in [0.2, 0.25) is 5.91 Å². The number of aryl methyl sites for hydroxylation is 1. The standard InChI is InChI=1S/C24H22N4O2S2/c1-17-6-2-3-10-21(17)27-22(29)16-32-24-25-11-12-28(24)19-8-4-7-18(14-19)23(30)26-15-20-9-5-13-31-20/h2-14H,15-16H2,1H3,(H,26,30)(H,27,29). The first-order chi connectivity index (χ1) is 15.6. The van der Waals surface area contributed by atoms with Crippen LogP contribution in [0.2, 0.25) is 0 Å². The van der Waals surface area contributed by atoms with Crippen molar-refractivity contribution in [2.45, 2.75) is 18.6 Å². The lowest BCUT2D eigenvalue weighted by Crippen LogP contribution is -2.22. The molecule has 4 aromatic rings. The minimum Gasteiger partial charge on any atom is -0.347 e. The molecule has 162 valence electrons. The lowest BCUT2D eigenvalue weighted by molar-refractivity contribution is -0.113. The second kappa shape index (κ2) is 10.3. The molecule has 0 aliphatic carbocycles. The molecule has 0 spiro atoms. The summed E-state index contributed by atoms with van der Waals surface area (Å²) >= 11 is 2.95. The lowest BCUT2D eigenvalue weighted by atomic mass is 10.2. The van der Waals surface area contributed by atoms with Gasteiger partial charge in [-0.05, 0) is 48.2 Å². The minimum atomic E-state index is -0.132. The number of imidazole rings is 1. The molecule has 0 fully saturated rings. The van der Waals surface area contributed by atoms with Crippen LogP contribution in [0, 0.1) is 6.92 Å². The molecule has 8 heteroatoms. The molecule has 0 atom stereocenters. The maximum atomic E-state index is 12.6. The van der Waals surface area contributed by atoms with E-state index in [9.17, 15) is 9.59 Å². The Bertz CT molecular complexity index is 1220. The Morgan fingerprint density at radius 2 is 1.97 bits per heavy atom. The highest BCUT2D eigenvalue weighted by Crippen LogP contribution is 2.22. The Hall–Kier alpha value is -3.36. The molecule has 32 heavy (non-hydrogen) atoms. The summed E-state index contributed by atoms with van der Waals surface area (Å²) < 4.78 is 1.88. The fourth-order valence-electron chi connectivity index (χ4n) is 3.10. The van der Waals surface area contributed by atoms with E-state index < -0.39 is 0 Å². The molecule has 2 N–H and O–H groups in total. The van der Waals surface area contributed by atoms with Crippen molar-refractivity contribution in [3.63, 3.8) is 0 Å². The number of aromatic nitrogens is 2. The van der Waals surface area contributed by atoms with Crippen LogP contribution in [0.1, 0.15) is 20.8 Å². The van der Waals surface area contributed by atoms with Gasteiger partial charge in [-0.2, -0.15) is 0 Å². The average molecular weight is 463 g/mol. The molecular weight excluding hydrogens is 440 g/mol. The molecule has 0 saturated heterocycles. The largest absolute Gasteiger partial charge is 0.347 e. The molecule has 0 radical (unpaired) electrons. The van der Waals surface area contributed by atoms with E-state index in [0.29, 0.717) is 17.3 Å². The molecule has 2 amide bonds. The average Bonchev–Trinajstić information content (AvgIpc) is 3.50. The monoisotopic (exact) mass is 462 g/mol. The first-order valence-electron chi connectivity index (χ1n) is 10.0. The van der Waals surface area contributed by atoms with E-state index in [-0.39, 0.29) is 17.6 Å². The zero-order valence-electron chi connectivity index (χ0n) is 17.4. The zero-order chi connectivity index (χ0) is 22.3. The predicted molar refractivity (Wildman–Crippen MR) is 130 cm³/mol. The van der Waals surface area contributed by atoms with E-state index >= 15 is 0 Å². The van der Waals surface area contributed by atoms with Crippen LogP contribution in [-0.2, 0) is 11.3 Å². The number of nitrogens with one attached hydrogen (secondary N) is 2. The van der Waals surface area contributed by atoms with Crippen molar-refractivity contribution in [3.05, 3.63) is 94.4 Å². The number of amides is 2. The van der Waals surface area contributed by atoms with Crippen LogP contribution in [0.4, 0.5) is 5.69 Å². The minimum absolute atomic E-state index is 0.0967. The van der Waals surface area contributed by atoms with Crippen LogP contribution in [0.15, 0.2) is 83.6 Å². The summed E-state index contributed by atoms with van der Waals surface area (Å²) in [6.07, 6.45) is 3.51. The number of rotatable bonds is 8. The van der Waals surface area contributed by atoms with Crippen LogP contribution < -0.4 is 10.6 Å². The zero-order valence-corrected chi connectivity index (χ0v) is 19.1. The van der Waals surface area contributed by atoms with Crippen LogP contribution >= 0.6 is 23.1 Å². The Morgan fingerprint density at radius 1 is 1.09 bits per heavy atom. The summed E-state index contributed by atoms with van der Waals surface area (Å²) in [5, 5.41) is 8.55. The molecular formula is C24H22N4O2S2. The third-order valence-electron chi connectivity index (χ3n) is 4.75. The highest BCUT2D eigenvalue weighted by molar-refractivity contribution is 7.99. The van der Waals surface area contributed by atoms with Gasteiger partial charge in [0.05, 0.1) is 12.3 Å². The molecule has 4 rings (SSSR count). The van der Waals surface area contributed by atoms with Crippen molar-refractivity contribution in [1.29, 1.82) is 0 Å². The summed E-state index contributed by atoms with van der Waals surface area (Å²) in [4.78, 5) is 30.5. The molecule has 0 aliphatic rings. The lowest BCUT2D eigenvalue weighted by Gasteiger charge is -2.10. The Kier molecular flexibility index (Phi) is 7.03. The SMILES string of the molecule is Cc1ccccc1NC(=O)CSc1nccn1-c1cccc(C(=O)NCc2cccs2)c1. The summed E-state index contributed by atoms with van der Waals surface area (Å²) in [7, 11) is 0. The second-order valence-electron chi connectivity index (χ2n) is 7.04. The van der Waals surface area contributed by atoms with Gasteiger partial charge in [-0.3, -0.25) is 14.2 Å². The summed E-state index contributed by atoms with van der Waals surface area (Å²) in [6, 6.07) is 19.0. The van der Waals surface area contributed by atoms with E-state index in [1.165, 1.54) is 11.8 Å². The number of thioether (sulfide) groups is 1. The maximum absolute atomic E-state index is 12.6. The van der Waals surface area contributed by atoms with E-state index in [1.54, 1.807) is 23.6 Å². The van der Waals surface area contributed by atoms with Crippen molar-refractivity contribution >= 4 is 40.6 Å².